The van der Waals surface area contributed by atoms with Gasteiger partial charge in [-0.25, -0.2) is 24.4 Å². The highest BCUT2D eigenvalue weighted by atomic mass is 19.3. The van der Waals surface area contributed by atoms with Crippen LogP contribution < -0.4 is 16.3 Å². The SMILES string of the molecule is CCCCN(C)C(=O)OC/C(=C(/N)c1ccc(OC2CCCCC2)c(C(F)F)n1)N(C)N. The summed E-state index contributed by atoms with van der Waals surface area (Å²) in [5.41, 5.74) is 6.13. The molecule has 32 heavy (non-hydrogen) atoms. The zero-order valence-corrected chi connectivity index (χ0v) is 19.2. The number of ether oxygens (including phenoxy) is 2. The lowest BCUT2D eigenvalue weighted by Crippen LogP contribution is -2.34. The summed E-state index contributed by atoms with van der Waals surface area (Å²) in [7, 11) is 3.16. The summed E-state index contributed by atoms with van der Waals surface area (Å²) in [6, 6.07) is 2.97. The third-order valence-corrected chi connectivity index (χ3v) is 5.44. The molecule has 8 nitrogen and oxygen atoms in total. The minimum Gasteiger partial charge on any atom is -0.488 e. The highest BCUT2D eigenvalue weighted by molar-refractivity contribution is 5.68. The van der Waals surface area contributed by atoms with Crippen molar-refractivity contribution < 1.29 is 23.0 Å². The van der Waals surface area contributed by atoms with E-state index >= 15 is 0 Å². The Hall–Kier alpha value is -2.62. The van der Waals surface area contributed by atoms with Crippen molar-refractivity contribution >= 4 is 11.8 Å². The van der Waals surface area contributed by atoms with Gasteiger partial charge in [0, 0.05) is 20.6 Å². The van der Waals surface area contributed by atoms with Gasteiger partial charge < -0.3 is 25.1 Å². The number of rotatable bonds is 10. The first-order valence-corrected chi connectivity index (χ1v) is 11.1. The van der Waals surface area contributed by atoms with Crippen molar-refractivity contribution in [2.24, 2.45) is 11.6 Å². The standard InChI is InChI=1S/C22H35F2N5O3/c1-4-5-13-28(2)22(30)31-14-17(29(3)26)19(25)16-11-12-18(20(27-16)21(23)24)32-15-9-7-6-8-10-15/h11-12,15,21H,4-10,13-14,25-26H2,1-3H3/b19-17-. The number of pyridine rings is 1. The maximum Gasteiger partial charge on any atom is 0.409 e. The minimum absolute atomic E-state index is 0.0464. The van der Waals surface area contributed by atoms with Crippen LogP contribution in [0.5, 0.6) is 5.75 Å². The minimum atomic E-state index is -2.83. The number of alkyl halides is 2. The van der Waals surface area contributed by atoms with Gasteiger partial charge in [0.15, 0.2) is 0 Å². The van der Waals surface area contributed by atoms with Crippen LogP contribution in [0.2, 0.25) is 0 Å². The molecular formula is C22H35F2N5O3. The molecule has 1 aliphatic carbocycles. The first-order valence-electron chi connectivity index (χ1n) is 11.1. The van der Waals surface area contributed by atoms with Crippen LogP contribution in [0.25, 0.3) is 5.70 Å². The Morgan fingerprint density at radius 1 is 1.25 bits per heavy atom. The molecule has 0 atom stereocenters. The lowest BCUT2D eigenvalue weighted by molar-refractivity contribution is 0.113. The molecule has 0 aromatic carbocycles. The van der Waals surface area contributed by atoms with E-state index in [0.29, 0.717) is 6.54 Å². The number of hydrogen-bond acceptors (Lipinski definition) is 7. The van der Waals surface area contributed by atoms with Gasteiger partial charge in [0.1, 0.15) is 18.1 Å². The molecule has 0 spiro atoms. The first-order chi connectivity index (χ1) is 15.2. The number of amides is 1. The Bertz CT molecular complexity index is 783. The largest absolute Gasteiger partial charge is 0.488 e. The van der Waals surface area contributed by atoms with E-state index in [-0.39, 0.29) is 35.5 Å². The smallest absolute Gasteiger partial charge is 0.409 e. The van der Waals surface area contributed by atoms with Crippen LogP contribution in [0.4, 0.5) is 13.6 Å². The average Bonchev–Trinajstić information content (AvgIpc) is 2.77. The molecule has 0 radical (unpaired) electrons. The number of unbranched alkanes of at least 4 members (excludes halogenated alkanes) is 1. The Kier molecular flexibility index (Phi) is 9.96. The van der Waals surface area contributed by atoms with Crippen LogP contribution in [0.3, 0.4) is 0 Å². The lowest BCUT2D eigenvalue weighted by atomic mass is 9.98. The van der Waals surface area contributed by atoms with E-state index < -0.39 is 18.2 Å². The first kappa shape index (κ1) is 25.6. The Labute approximate surface area is 188 Å². The maximum absolute atomic E-state index is 13.7. The number of halogens is 2. The van der Waals surface area contributed by atoms with Crippen LogP contribution in [0.1, 0.15) is 69.7 Å². The van der Waals surface area contributed by atoms with E-state index in [9.17, 15) is 13.6 Å². The Morgan fingerprint density at radius 2 is 1.94 bits per heavy atom. The topological polar surface area (TPSA) is 107 Å². The number of aromatic nitrogens is 1. The van der Waals surface area contributed by atoms with Crippen molar-refractivity contribution in [3.8, 4) is 5.75 Å². The number of likely N-dealkylation sites (N-methyl/N-ethyl adjacent to an activating group) is 1. The molecule has 1 heterocycles. The fraction of sp³-hybridized carbons (Fsp3) is 0.636. The molecule has 10 heteroatoms. The van der Waals surface area contributed by atoms with E-state index in [1.807, 2.05) is 6.92 Å². The molecule has 1 aromatic rings. The van der Waals surface area contributed by atoms with Crippen LogP contribution >= 0.6 is 0 Å². The quantitative estimate of drug-likeness (QED) is 0.405. The molecule has 1 aliphatic rings. The van der Waals surface area contributed by atoms with E-state index in [4.69, 9.17) is 21.1 Å². The molecule has 1 fully saturated rings. The molecule has 1 amide bonds. The van der Waals surface area contributed by atoms with Crippen molar-refractivity contribution in [2.75, 3.05) is 27.2 Å². The molecule has 1 saturated carbocycles. The number of carbonyl (C=O) groups is 1. The molecule has 0 bridgehead atoms. The lowest BCUT2D eigenvalue weighted by Gasteiger charge is -2.24. The van der Waals surface area contributed by atoms with Crippen molar-refractivity contribution in [1.29, 1.82) is 0 Å². The van der Waals surface area contributed by atoms with Gasteiger partial charge in [-0.2, -0.15) is 0 Å². The van der Waals surface area contributed by atoms with E-state index in [0.717, 1.165) is 44.9 Å². The van der Waals surface area contributed by atoms with Crippen LogP contribution in [0, 0.1) is 0 Å². The third-order valence-electron chi connectivity index (χ3n) is 5.44. The van der Waals surface area contributed by atoms with E-state index in [2.05, 4.69) is 4.98 Å². The second-order valence-corrected chi connectivity index (χ2v) is 8.06. The summed E-state index contributed by atoms with van der Waals surface area (Å²) in [6.45, 7) is 2.36. The summed E-state index contributed by atoms with van der Waals surface area (Å²) in [5.74, 6) is 5.92. The van der Waals surface area contributed by atoms with Gasteiger partial charge >= 0.3 is 6.09 Å². The molecule has 0 aliphatic heterocycles. The zero-order valence-electron chi connectivity index (χ0n) is 19.2. The number of nitrogens with two attached hydrogens (primary N) is 2. The van der Waals surface area contributed by atoms with Crippen LogP contribution in [-0.4, -0.2) is 54.3 Å². The van der Waals surface area contributed by atoms with Gasteiger partial charge in [-0.15, -0.1) is 0 Å². The molecular weight excluding hydrogens is 420 g/mol. The molecule has 180 valence electrons. The van der Waals surface area contributed by atoms with Crippen molar-refractivity contribution in [1.82, 2.24) is 14.9 Å². The van der Waals surface area contributed by atoms with Crippen molar-refractivity contribution in [3.63, 3.8) is 0 Å². The van der Waals surface area contributed by atoms with Gasteiger partial charge in [-0.05, 0) is 44.2 Å². The Morgan fingerprint density at radius 3 is 2.53 bits per heavy atom. The van der Waals surface area contributed by atoms with Gasteiger partial charge in [0.2, 0.25) is 0 Å². The predicted octanol–water partition coefficient (Wildman–Crippen LogP) is 4.03. The fourth-order valence-corrected chi connectivity index (χ4v) is 3.47. The Balaban J connectivity index is 2.21. The van der Waals surface area contributed by atoms with E-state index in [1.54, 1.807) is 7.05 Å². The summed E-state index contributed by atoms with van der Waals surface area (Å²) in [4.78, 5) is 17.7. The summed E-state index contributed by atoms with van der Waals surface area (Å²) in [5, 5.41) is 1.19. The fourth-order valence-electron chi connectivity index (χ4n) is 3.47. The zero-order chi connectivity index (χ0) is 23.7. The normalized spacial score (nSPS) is 15.3. The second kappa shape index (κ2) is 12.4. The van der Waals surface area contributed by atoms with Gasteiger partial charge in [0.05, 0.1) is 23.2 Å². The molecule has 0 saturated heterocycles. The van der Waals surface area contributed by atoms with Gasteiger partial charge in [0.25, 0.3) is 6.43 Å². The van der Waals surface area contributed by atoms with Gasteiger partial charge in [-0.3, -0.25) is 0 Å². The van der Waals surface area contributed by atoms with Crippen LogP contribution in [0.15, 0.2) is 17.8 Å². The van der Waals surface area contributed by atoms with Crippen molar-refractivity contribution in [2.45, 2.75) is 64.4 Å². The second-order valence-electron chi connectivity index (χ2n) is 8.06. The highest BCUT2D eigenvalue weighted by Crippen LogP contribution is 2.32. The molecule has 2 rings (SSSR count). The number of nitrogens with zero attached hydrogens (tertiary/aromatic N) is 3. The monoisotopic (exact) mass is 455 g/mol. The highest BCUT2D eigenvalue weighted by Gasteiger charge is 2.23. The summed E-state index contributed by atoms with van der Waals surface area (Å²) >= 11 is 0. The number of hydrogen-bond donors (Lipinski definition) is 2. The molecule has 4 N–H and O–H groups in total. The summed E-state index contributed by atoms with van der Waals surface area (Å²) in [6.07, 6.45) is 3.21. The van der Waals surface area contributed by atoms with E-state index in [1.165, 1.54) is 29.1 Å². The summed E-state index contributed by atoms with van der Waals surface area (Å²) < 4.78 is 38.6. The maximum atomic E-state index is 13.7. The predicted molar refractivity (Wildman–Crippen MR) is 119 cm³/mol. The number of hydrazine groups is 1. The van der Waals surface area contributed by atoms with Crippen LogP contribution in [-0.2, 0) is 4.74 Å². The average molecular weight is 456 g/mol. The third kappa shape index (κ3) is 7.22. The van der Waals surface area contributed by atoms with Crippen molar-refractivity contribution in [3.05, 3.63) is 29.2 Å². The van der Waals surface area contributed by atoms with Gasteiger partial charge in [-0.1, -0.05) is 19.8 Å². The molecule has 0 unspecified atom stereocenters. The number of carbonyl (C=O) groups excluding carboxylic acids is 1. The molecule has 1 aromatic heterocycles.